The number of alkyl carbamates (subject to hydrolysis) is 1. The van der Waals surface area contributed by atoms with E-state index in [2.05, 4.69) is 10.1 Å². The van der Waals surface area contributed by atoms with Gasteiger partial charge in [0.15, 0.2) is 0 Å². The number of aliphatic hydroxyl groups excluding tert-OH is 1. The minimum absolute atomic E-state index is 0.205. The first-order valence-corrected chi connectivity index (χ1v) is 7.49. The zero-order valence-corrected chi connectivity index (χ0v) is 14.0. The topological polar surface area (TPSA) is 84.9 Å². The first kappa shape index (κ1) is 19.0. The standard InChI is InChI=1S/C17H25NO5/c1-17(2,3)23-16(21)18-13(14(19)11-15(20)22-4)10-12-8-6-5-7-9-12/h5-9,13-14,19H,10-11H2,1-4H3,(H,18,21)/t13-,14+/m0/s1. The molecule has 0 aliphatic rings. The summed E-state index contributed by atoms with van der Waals surface area (Å²) >= 11 is 0. The van der Waals surface area contributed by atoms with Gasteiger partial charge >= 0.3 is 12.1 Å². The van der Waals surface area contributed by atoms with Crippen LogP contribution in [0.25, 0.3) is 0 Å². The van der Waals surface area contributed by atoms with Crippen LogP contribution in [0.3, 0.4) is 0 Å². The molecular formula is C17H25NO5. The number of aliphatic hydroxyl groups is 1. The maximum absolute atomic E-state index is 12.0. The molecule has 6 heteroatoms. The van der Waals surface area contributed by atoms with E-state index < -0.39 is 29.8 Å². The van der Waals surface area contributed by atoms with Crippen molar-refractivity contribution in [1.29, 1.82) is 0 Å². The average molecular weight is 323 g/mol. The van der Waals surface area contributed by atoms with Gasteiger partial charge in [-0.1, -0.05) is 30.3 Å². The van der Waals surface area contributed by atoms with E-state index in [1.54, 1.807) is 20.8 Å². The summed E-state index contributed by atoms with van der Waals surface area (Å²) in [4.78, 5) is 23.3. The van der Waals surface area contributed by atoms with E-state index in [1.165, 1.54) is 7.11 Å². The number of benzene rings is 1. The molecule has 0 heterocycles. The van der Waals surface area contributed by atoms with E-state index in [9.17, 15) is 14.7 Å². The minimum atomic E-state index is -1.07. The Morgan fingerprint density at radius 1 is 1.22 bits per heavy atom. The molecule has 2 N–H and O–H groups in total. The van der Waals surface area contributed by atoms with Gasteiger partial charge in [0, 0.05) is 0 Å². The fraction of sp³-hybridized carbons (Fsp3) is 0.529. The number of hydrogen-bond acceptors (Lipinski definition) is 5. The first-order valence-electron chi connectivity index (χ1n) is 7.49. The average Bonchev–Trinajstić information content (AvgIpc) is 2.45. The lowest BCUT2D eigenvalue weighted by Crippen LogP contribution is -2.47. The molecule has 0 radical (unpaired) electrons. The number of ether oxygens (including phenoxy) is 2. The molecule has 0 aliphatic heterocycles. The highest BCUT2D eigenvalue weighted by molar-refractivity contribution is 5.71. The number of nitrogens with one attached hydrogen (secondary N) is 1. The molecule has 0 spiro atoms. The van der Waals surface area contributed by atoms with Crippen LogP contribution in [0.5, 0.6) is 0 Å². The van der Waals surface area contributed by atoms with Gasteiger partial charge in [0.1, 0.15) is 5.60 Å². The molecule has 0 aliphatic carbocycles. The summed E-state index contributed by atoms with van der Waals surface area (Å²) in [7, 11) is 1.25. The molecule has 1 amide bonds. The Hall–Kier alpha value is -2.08. The fourth-order valence-electron chi connectivity index (χ4n) is 2.01. The molecule has 0 saturated carbocycles. The minimum Gasteiger partial charge on any atom is -0.469 e. The van der Waals surface area contributed by atoms with Gasteiger partial charge in [0.2, 0.25) is 0 Å². The van der Waals surface area contributed by atoms with Crippen molar-refractivity contribution < 1.29 is 24.2 Å². The van der Waals surface area contributed by atoms with Crippen molar-refractivity contribution in [2.24, 2.45) is 0 Å². The normalized spacial score (nSPS) is 13.8. The maximum Gasteiger partial charge on any atom is 0.407 e. The number of amides is 1. The molecule has 0 aromatic heterocycles. The molecule has 2 atom stereocenters. The zero-order chi connectivity index (χ0) is 17.5. The summed E-state index contributed by atoms with van der Waals surface area (Å²) in [6.45, 7) is 5.26. The predicted octanol–water partition coefficient (Wildman–Crippen LogP) is 2.05. The van der Waals surface area contributed by atoms with Crippen molar-refractivity contribution in [3.8, 4) is 0 Å². The van der Waals surface area contributed by atoms with Gasteiger partial charge in [-0.25, -0.2) is 4.79 Å². The summed E-state index contributed by atoms with van der Waals surface area (Å²) in [6.07, 6.45) is -1.54. The van der Waals surface area contributed by atoms with Gasteiger partial charge in [0.05, 0.1) is 25.7 Å². The quantitative estimate of drug-likeness (QED) is 0.783. The van der Waals surface area contributed by atoms with E-state index in [1.807, 2.05) is 30.3 Å². The van der Waals surface area contributed by atoms with E-state index in [0.29, 0.717) is 6.42 Å². The Labute approximate surface area is 136 Å². The van der Waals surface area contributed by atoms with Crippen LogP contribution in [-0.4, -0.2) is 42.0 Å². The van der Waals surface area contributed by atoms with Gasteiger partial charge in [-0.15, -0.1) is 0 Å². The SMILES string of the molecule is COC(=O)C[C@@H](O)[C@H](Cc1ccccc1)NC(=O)OC(C)(C)C. The van der Waals surface area contributed by atoms with Crippen LogP contribution in [0.2, 0.25) is 0 Å². The van der Waals surface area contributed by atoms with Gasteiger partial charge in [-0.3, -0.25) is 4.79 Å². The molecule has 128 valence electrons. The largest absolute Gasteiger partial charge is 0.469 e. The van der Waals surface area contributed by atoms with Crippen molar-refractivity contribution in [3.05, 3.63) is 35.9 Å². The summed E-state index contributed by atoms with van der Waals surface area (Å²) in [5.74, 6) is -0.540. The molecule has 23 heavy (non-hydrogen) atoms. The van der Waals surface area contributed by atoms with Crippen LogP contribution in [0, 0.1) is 0 Å². The number of esters is 1. The molecule has 1 rings (SSSR count). The Morgan fingerprint density at radius 3 is 2.35 bits per heavy atom. The number of rotatable bonds is 6. The van der Waals surface area contributed by atoms with Crippen molar-refractivity contribution >= 4 is 12.1 Å². The number of methoxy groups -OCH3 is 1. The van der Waals surface area contributed by atoms with Crippen molar-refractivity contribution in [2.75, 3.05) is 7.11 Å². The second-order valence-corrected chi connectivity index (χ2v) is 6.29. The van der Waals surface area contributed by atoms with Crippen LogP contribution in [-0.2, 0) is 20.7 Å². The van der Waals surface area contributed by atoms with Crippen molar-refractivity contribution in [3.63, 3.8) is 0 Å². The second-order valence-electron chi connectivity index (χ2n) is 6.29. The van der Waals surface area contributed by atoms with E-state index in [4.69, 9.17) is 4.74 Å². The Bertz CT molecular complexity index is 509. The van der Waals surface area contributed by atoms with Gasteiger partial charge < -0.3 is 19.9 Å². The van der Waals surface area contributed by atoms with Crippen LogP contribution in [0.15, 0.2) is 30.3 Å². The fourth-order valence-corrected chi connectivity index (χ4v) is 2.01. The second kappa shape index (κ2) is 8.53. The molecule has 0 fully saturated rings. The van der Waals surface area contributed by atoms with E-state index in [-0.39, 0.29) is 6.42 Å². The summed E-state index contributed by atoms with van der Waals surface area (Å²) in [5, 5.41) is 12.9. The van der Waals surface area contributed by atoms with E-state index >= 15 is 0 Å². The zero-order valence-electron chi connectivity index (χ0n) is 14.0. The third kappa shape index (κ3) is 7.65. The first-order chi connectivity index (χ1) is 10.7. The maximum atomic E-state index is 12.0. The lowest BCUT2D eigenvalue weighted by Gasteiger charge is -2.26. The number of carbonyl (C=O) groups is 2. The highest BCUT2D eigenvalue weighted by Crippen LogP contribution is 2.12. The van der Waals surface area contributed by atoms with Crippen LogP contribution >= 0.6 is 0 Å². The molecule has 0 saturated heterocycles. The van der Waals surface area contributed by atoms with Crippen molar-refractivity contribution in [2.45, 2.75) is 51.4 Å². The molecule has 1 aromatic rings. The number of hydrogen-bond donors (Lipinski definition) is 2. The van der Waals surface area contributed by atoms with E-state index in [0.717, 1.165) is 5.56 Å². The monoisotopic (exact) mass is 323 g/mol. The molecule has 0 unspecified atom stereocenters. The summed E-state index contributed by atoms with van der Waals surface area (Å²) in [6, 6.07) is 8.72. The van der Waals surface area contributed by atoms with Crippen LogP contribution in [0.1, 0.15) is 32.8 Å². The third-order valence-corrected chi connectivity index (χ3v) is 3.07. The molecule has 1 aromatic carbocycles. The van der Waals surface area contributed by atoms with Crippen LogP contribution < -0.4 is 5.32 Å². The Kier molecular flexibility index (Phi) is 7.03. The lowest BCUT2D eigenvalue weighted by atomic mass is 9.99. The summed E-state index contributed by atoms with van der Waals surface area (Å²) in [5.41, 5.74) is 0.284. The smallest absolute Gasteiger partial charge is 0.407 e. The third-order valence-electron chi connectivity index (χ3n) is 3.07. The van der Waals surface area contributed by atoms with Crippen molar-refractivity contribution in [1.82, 2.24) is 5.32 Å². The molecular weight excluding hydrogens is 298 g/mol. The lowest BCUT2D eigenvalue weighted by molar-refractivity contribution is -0.143. The van der Waals surface area contributed by atoms with Gasteiger partial charge in [-0.2, -0.15) is 0 Å². The highest BCUT2D eigenvalue weighted by Gasteiger charge is 2.26. The van der Waals surface area contributed by atoms with Gasteiger partial charge in [-0.05, 0) is 32.8 Å². The van der Waals surface area contributed by atoms with Gasteiger partial charge in [0.25, 0.3) is 0 Å². The Balaban J connectivity index is 2.79. The Morgan fingerprint density at radius 2 is 1.83 bits per heavy atom. The molecule has 0 bridgehead atoms. The van der Waals surface area contributed by atoms with Crippen LogP contribution in [0.4, 0.5) is 4.79 Å². The highest BCUT2D eigenvalue weighted by atomic mass is 16.6. The summed E-state index contributed by atoms with van der Waals surface area (Å²) < 4.78 is 9.77. The molecule has 6 nitrogen and oxygen atoms in total. The number of carbonyl (C=O) groups excluding carboxylic acids is 2. The predicted molar refractivity (Wildman–Crippen MR) is 85.9 cm³/mol.